The minimum Gasteiger partial charge on any atom is -0.494 e. The summed E-state index contributed by atoms with van der Waals surface area (Å²) in [6.45, 7) is 1.96. The van der Waals surface area contributed by atoms with Gasteiger partial charge in [-0.25, -0.2) is 9.18 Å². The van der Waals surface area contributed by atoms with Crippen LogP contribution in [-0.4, -0.2) is 44.3 Å². The summed E-state index contributed by atoms with van der Waals surface area (Å²) in [5, 5.41) is 3.39. The molecule has 0 unspecified atom stereocenters. The predicted molar refractivity (Wildman–Crippen MR) is 76.8 cm³/mol. The van der Waals surface area contributed by atoms with E-state index < -0.39 is 0 Å². The molecule has 1 amide bonds. The fourth-order valence-electron chi connectivity index (χ4n) is 2.48. The molecule has 0 atom stereocenters. The summed E-state index contributed by atoms with van der Waals surface area (Å²) in [7, 11) is 2.84. The third-order valence-corrected chi connectivity index (χ3v) is 3.74. The Morgan fingerprint density at radius 1 is 1.38 bits per heavy atom. The lowest BCUT2D eigenvalue weighted by Gasteiger charge is -2.31. The van der Waals surface area contributed by atoms with Gasteiger partial charge >= 0.3 is 6.09 Å². The SMILES string of the molecule is COC(=O)N1CCC(NCc2ccc(OC)c(F)c2)CC1. The van der Waals surface area contributed by atoms with Gasteiger partial charge in [0.05, 0.1) is 14.2 Å². The fraction of sp³-hybridized carbons (Fsp3) is 0.533. The molecule has 1 aliphatic heterocycles. The van der Waals surface area contributed by atoms with Gasteiger partial charge in [0.15, 0.2) is 11.6 Å². The lowest BCUT2D eigenvalue weighted by Crippen LogP contribution is -2.44. The molecule has 1 saturated heterocycles. The summed E-state index contributed by atoms with van der Waals surface area (Å²) in [6, 6.07) is 5.29. The first-order valence-electron chi connectivity index (χ1n) is 7.02. The summed E-state index contributed by atoms with van der Waals surface area (Å²) >= 11 is 0. The second-order valence-electron chi connectivity index (χ2n) is 5.08. The van der Waals surface area contributed by atoms with Crippen molar-refractivity contribution >= 4 is 6.09 Å². The minimum absolute atomic E-state index is 0.255. The molecule has 1 N–H and O–H groups in total. The van der Waals surface area contributed by atoms with E-state index in [0.717, 1.165) is 18.4 Å². The van der Waals surface area contributed by atoms with Crippen molar-refractivity contribution in [1.29, 1.82) is 0 Å². The molecule has 1 aliphatic rings. The molecule has 0 radical (unpaired) electrons. The van der Waals surface area contributed by atoms with E-state index >= 15 is 0 Å². The van der Waals surface area contributed by atoms with E-state index in [1.165, 1.54) is 20.3 Å². The first kappa shape index (κ1) is 15.6. The zero-order chi connectivity index (χ0) is 15.2. The number of rotatable bonds is 4. The van der Waals surface area contributed by atoms with Crippen LogP contribution in [0.15, 0.2) is 18.2 Å². The number of piperidine rings is 1. The molecule has 2 rings (SSSR count). The van der Waals surface area contributed by atoms with E-state index in [0.29, 0.717) is 25.7 Å². The molecule has 116 valence electrons. The minimum atomic E-state index is -0.350. The van der Waals surface area contributed by atoms with E-state index in [9.17, 15) is 9.18 Å². The first-order valence-corrected chi connectivity index (χ1v) is 7.02. The number of halogens is 1. The molecule has 1 fully saturated rings. The Labute approximate surface area is 124 Å². The van der Waals surface area contributed by atoms with Crippen molar-refractivity contribution in [2.24, 2.45) is 0 Å². The molecule has 0 saturated carbocycles. The van der Waals surface area contributed by atoms with E-state index in [1.54, 1.807) is 11.0 Å². The van der Waals surface area contributed by atoms with E-state index in [4.69, 9.17) is 9.47 Å². The Balaban J connectivity index is 1.79. The molecule has 1 aromatic rings. The molecule has 0 spiro atoms. The van der Waals surface area contributed by atoms with E-state index in [2.05, 4.69) is 5.32 Å². The highest BCUT2D eigenvalue weighted by Gasteiger charge is 2.22. The number of carbonyl (C=O) groups excluding carboxylic acids is 1. The van der Waals surface area contributed by atoms with Gasteiger partial charge in [-0.15, -0.1) is 0 Å². The van der Waals surface area contributed by atoms with Gasteiger partial charge in [0.25, 0.3) is 0 Å². The standard InChI is InChI=1S/C15H21FN2O3/c1-20-14-4-3-11(9-13(14)16)10-17-12-5-7-18(8-6-12)15(19)21-2/h3-4,9,12,17H,5-8,10H2,1-2H3. The Morgan fingerprint density at radius 2 is 2.10 bits per heavy atom. The molecule has 0 aromatic heterocycles. The fourth-order valence-corrected chi connectivity index (χ4v) is 2.48. The van der Waals surface area contributed by atoms with Crippen LogP contribution in [0.1, 0.15) is 18.4 Å². The van der Waals surface area contributed by atoms with E-state index in [-0.39, 0.29) is 17.7 Å². The molecule has 1 heterocycles. The van der Waals surface area contributed by atoms with Crippen molar-refractivity contribution in [3.05, 3.63) is 29.6 Å². The Hall–Kier alpha value is -1.82. The van der Waals surface area contributed by atoms with Gasteiger partial charge in [0.2, 0.25) is 0 Å². The van der Waals surface area contributed by atoms with Crippen molar-refractivity contribution in [3.63, 3.8) is 0 Å². The van der Waals surface area contributed by atoms with Crippen LogP contribution in [0.25, 0.3) is 0 Å². The number of carbonyl (C=O) groups is 1. The number of nitrogens with one attached hydrogen (secondary N) is 1. The topological polar surface area (TPSA) is 50.8 Å². The van der Waals surface area contributed by atoms with Gasteiger partial charge in [-0.05, 0) is 30.5 Å². The second kappa shape index (κ2) is 7.26. The maximum Gasteiger partial charge on any atom is 0.409 e. The molecule has 5 nitrogen and oxygen atoms in total. The number of methoxy groups -OCH3 is 2. The van der Waals surface area contributed by atoms with Crippen LogP contribution in [0.5, 0.6) is 5.75 Å². The van der Waals surface area contributed by atoms with Gasteiger partial charge in [-0.1, -0.05) is 6.07 Å². The Bertz CT molecular complexity index is 488. The highest BCUT2D eigenvalue weighted by molar-refractivity contribution is 5.67. The number of hydrogen-bond donors (Lipinski definition) is 1. The smallest absolute Gasteiger partial charge is 0.409 e. The van der Waals surface area contributed by atoms with Crippen LogP contribution in [-0.2, 0) is 11.3 Å². The van der Waals surface area contributed by atoms with Gasteiger partial charge in [0.1, 0.15) is 0 Å². The lowest BCUT2D eigenvalue weighted by atomic mass is 10.0. The summed E-state index contributed by atoms with van der Waals surface area (Å²) in [5.41, 5.74) is 0.878. The largest absolute Gasteiger partial charge is 0.494 e. The molecule has 0 aliphatic carbocycles. The number of likely N-dealkylation sites (tertiary alicyclic amines) is 1. The summed E-state index contributed by atoms with van der Waals surface area (Å²) in [6.07, 6.45) is 1.47. The summed E-state index contributed by atoms with van der Waals surface area (Å²) in [5.74, 6) is -0.0950. The molecular weight excluding hydrogens is 275 g/mol. The van der Waals surface area contributed by atoms with Crippen LogP contribution < -0.4 is 10.1 Å². The van der Waals surface area contributed by atoms with Gasteiger partial charge in [-0.2, -0.15) is 0 Å². The normalized spacial score (nSPS) is 15.9. The number of ether oxygens (including phenoxy) is 2. The van der Waals surface area contributed by atoms with Crippen molar-refractivity contribution in [2.45, 2.75) is 25.4 Å². The summed E-state index contributed by atoms with van der Waals surface area (Å²) in [4.78, 5) is 13.1. The van der Waals surface area contributed by atoms with Crippen molar-refractivity contribution < 1.29 is 18.7 Å². The zero-order valence-corrected chi connectivity index (χ0v) is 12.4. The molecule has 21 heavy (non-hydrogen) atoms. The highest BCUT2D eigenvalue weighted by atomic mass is 19.1. The molecule has 1 aromatic carbocycles. The predicted octanol–water partition coefficient (Wildman–Crippen LogP) is 2.15. The van der Waals surface area contributed by atoms with E-state index in [1.807, 2.05) is 6.07 Å². The third kappa shape index (κ3) is 4.07. The van der Waals surface area contributed by atoms with Gasteiger partial charge < -0.3 is 19.7 Å². The monoisotopic (exact) mass is 296 g/mol. The van der Waals surface area contributed by atoms with Crippen LogP contribution in [0.2, 0.25) is 0 Å². The second-order valence-corrected chi connectivity index (χ2v) is 5.08. The van der Waals surface area contributed by atoms with Crippen LogP contribution in [0.4, 0.5) is 9.18 Å². The third-order valence-electron chi connectivity index (χ3n) is 3.74. The average Bonchev–Trinajstić information content (AvgIpc) is 2.52. The molecule has 0 bridgehead atoms. The number of amides is 1. The first-order chi connectivity index (χ1) is 10.1. The van der Waals surface area contributed by atoms with Crippen molar-refractivity contribution in [3.8, 4) is 5.75 Å². The van der Waals surface area contributed by atoms with Crippen molar-refractivity contribution in [2.75, 3.05) is 27.3 Å². The Morgan fingerprint density at radius 3 is 2.67 bits per heavy atom. The zero-order valence-electron chi connectivity index (χ0n) is 12.4. The number of nitrogens with zero attached hydrogens (tertiary/aromatic N) is 1. The maximum absolute atomic E-state index is 13.6. The van der Waals surface area contributed by atoms with Gasteiger partial charge in [0, 0.05) is 25.7 Å². The average molecular weight is 296 g/mol. The van der Waals surface area contributed by atoms with Crippen LogP contribution in [0.3, 0.4) is 0 Å². The van der Waals surface area contributed by atoms with Crippen LogP contribution in [0, 0.1) is 5.82 Å². The maximum atomic E-state index is 13.6. The lowest BCUT2D eigenvalue weighted by molar-refractivity contribution is 0.109. The molecule has 6 heteroatoms. The van der Waals surface area contributed by atoms with Crippen molar-refractivity contribution in [1.82, 2.24) is 10.2 Å². The quantitative estimate of drug-likeness (QED) is 0.925. The number of benzene rings is 1. The summed E-state index contributed by atoms with van der Waals surface area (Å²) < 4.78 is 23.2. The van der Waals surface area contributed by atoms with Crippen LogP contribution >= 0.6 is 0 Å². The van der Waals surface area contributed by atoms with Gasteiger partial charge in [-0.3, -0.25) is 0 Å². The Kier molecular flexibility index (Phi) is 5.38. The number of hydrogen-bond acceptors (Lipinski definition) is 4. The highest BCUT2D eigenvalue weighted by Crippen LogP contribution is 2.18. The molecular formula is C15H21FN2O3.